The van der Waals surface area contributed by atoms with Crippen molar-refractivity contribution < 1.29 is 24.8 Å². The van der Waals surface area contributed by atoms with E-state index in [0.29, 0.717) is 24.7 Å². The van der Waals surface area contributed by atoms with Crippen LogP contribution in [-0.4, -0.2) is 50.5 Å². The van der Waals surface area contributed by atoms with Crippen LogP contribution in [-0.2, 0) is 0 Å². The second-order valence-corrected chi connectivity index (χ2v) is 14.0. The molecule has 3 saturated carbocycles. The Morgan fingerprint density at radius 1 is 1.08 bits per heavy atom. The van der Waals surface area contributed by atoms with Gasteiger partial charge in [0.15, 0.2) is 0 Å². The van der Waals surface area contributed by atoms with Crippen molar-refractivity contribution in [2.75, 3.05) is 6.67 Å². The average Bonchev–Trinajstić information content (AvgIpc) is 3.17. The Morgan fingerprint density at radius 3 is 2.45 bits per heavy atom. The highest BCUT2D eigenvalue weighted by Crippen LogP contribution is 2.63. The van der Waals surface area contributed by atoms with Gasteiger partial charge in [-0.05, 0) is 112 Å². The first-order chi connectivity index (χ1) is 17.6. The second-order valence-electron chi connectivity index (χ2n) is 14.0. The topological polar surface area (TPSA) is 80.9 Å². The Labute approximate surface area is 230 Å². The van der Waals surface area contributed by atoms with Gasteiger partial charge in [-0.1, -0.05) is 56.7 Å². The average molecular weight is 533 g/mol. The lowest BCUT2D eigenvalue weighted by Gasteiger charge is -2.49. The Bertz CT molecular complexity index is 926. The van der Waals surface area contributed by atoms with E-state index in [-0.39, 0.29) is 10.8 Å². The van der Waals surface area contributed by atoms with Crippen molar-refractivity contribution in [1.82, 2.24) is 0 Å². The monoisotopic (exact) mass is 532 g/mol. The third-order valence-corrected chi connectivity index (χ3v) is 9.94. The van der Waals surface area contributed by atoms with Crippen molar-refractivity contribution in [2.24, 2.45) is 22.7 Å². The molecule has 0 spiro atoms. The lowest BCUT2D eigenvalue weighted by atomic mass is 9.55. The molecule has 0 saturated heterocycles. The highest BCUT2D eigenvalue weighted by atomic mass is 19.1. The largest absolute Gasteiger partial charge is 0.393 e. The Kier molecular flexibility index (Phi) is 9.94. The molecular weight excluding hydrogens is 479 g/mol. The molecule has 3 unspecified atom stereocenters. The van der Waals surface area contributed by atoms with Crippen LogP contribution in [0.25, 0.3) is 0 Å². The van der Waals surface area contributed by atoms with E-state index in [1.54, 1.807) is 6.08 Å². The maximum absolute atomic E-state index is 13.3. The normalized spacial score (nSPS) is 36.0. The number of aliphatic hydroxyl groups excluding tert-OH is 2. The summed E-state index contributed by atoms with van der Waals surface area (Å²) in [6.45, 7) is 13.3. The molecule has 3 fully saturated rings. The molecule has 3 aliphatic rings. The number of alkyl halides is 1. The van der Waals surface area contributed by atoms with Crippen molar-refractivity contribution in [3.8, 4) is 0 Å². The number of aliphatic hydroxyl groups is 4. The maximum Gasteiger partial charge on any atom is 0.121 e. The van der Waals surface area contributed by atoms with Gasteiger partial charge in [0.05, 0.1) is 17.8 Å². The minimum absolute atomic E-state index is 0.0234. The van der Waals surface area contributed by atoms with Crippen LogP contribution in [0.2, 0.25) is 0 Å². The van der Waals surface area contributed by atoms with E-state index >= 15 is 0 Å². The number of hydrogen-bond donors (Lipinski definition) is 4. The summed E-state index contributed by atoms with van der Waals surface area (Å²) < 4.78 is 13.3. The van der Waals surface area contributed by atoms with Gasteiger partial charge in [-0.2, -0.15) is 0 Å². The lowest BCUT2D eigenvalue weighted by Crippen LogP contribution is -2.41. The van der Waals surface area contributed by atoms with Gasteiger partial charge >= 0.3 is 0 Å². The first-order valence-electron chi connectivity index (χ1n) is 14.7. The molecule has 4 nitrogen and oxygen atoms in total. The SMILES string of the molecule is C=C1/C(=C\C=C2/CCC[C@@]3(C)C2CCC3[C@@](C)(C/C=C/C(C)(O)CF)CCCC(C)(C)O)C[C@@H](O)C[C@@H]1O. The Hall–Kier alpha value is -1.27. The Morgan fingerprint density at radius 2 is 1.79 bits per heavy atom. The molecule has 0 heterocycles. The van der Waals surface area contributed by atoms with Crippen LogP contribution >= 0.6 is 0 Å². The summed E-state index contributed by atoms with van der Waals surface area (Å²) in [4.78, 5) is 0. The van der Waals surface area contributed by atoms with Crippen molar-refractivity contribution in [3.05, 3.63) is 47.6 Å². The summed E-state index contributed by atoms with van der Waals surface area (Å²) in [5.41, 5.74) is 1.13. The van der Waals surface area contributed by atoms with Crippen LogP contribution in [0.1, 0.15) is 105 Å². The Balaban J connectivity index is 1.86. The van der Waals surface area contributed by atoms with Crippen molar-refractivity contribution >= 4 is 0 Å². The molecule has 0 radical (unpaired) electrons. The standard InChI is InChI=1S/C33H53FO4/c1-23-25(20-26(35)21-28(23)36)12-11-24-10-7-19-33(6)27(24)13-14-29(33)31(4,16-8-15-30(2,3)37)17-9-18-32(5,38)22-34/h9,11-12,18,26-29,35-38H,1,7-8,10,13-17,19-22H2,2-6H3/b18-9+,24-11+,25-12-/t26-,27?,28+,29?,31-,32?,33+/m1/s1. The molecule has 0 aromatic rings. The number of fused-ring (bicyclic) bond motifs is 1. The molecule has 5 heteroatoms. The van der Waals surface area contributed by atoms with E-state index in [1.165, 1.54) is 18.9 Å². The molecule has 216 valence electrons. The molecule has 0 bridgehead atoms. The third kappa shape index (κ3) is 7.47. The summed E-state index contributed by atoms with van der Waals surface area (Å²) in [6.07, 6.45) is 16.7. The fourth-order valence-electron chi connectivity index (χ4n) is 7.82. The lowest BCUT2D eigenvalue weighted by molar-refractivity contribution is 0.0190. The molecular formula is C33H53FO4. The molecule has 4 N–H and O–H groups in total. The van der Waals surface area contributed by atoms with Gasteiger partial charge in [-0.15, -0.1) is 0 Å². The van der Waals surface area contributed by atoms with Gasteiger partial charge in [-0.25, -0.2) is 4.39 Å². The predicted octanol–water partition coefficient (Wildman–Crippen LogP) is 6.74. The fourth-order valence-corrected chi connectivity index (χ4v) is 7.82. The highest BCUT2D eigenvalue weighted by molar-refractivity contribution is 5.38. The molecule has 0 aromatic heterocycles. The third-order valence-electron chi connectivity index (χ3n) is 9.94. The van der Waals surface area contributed by atoms with Crippen molar-refractivity contribution in [3.63, 3.8) is 0 Å². The van der Waals surface area contributed by atoms with Gasteiger partial charge in [0.2, 0.25) is 0 Å². The summed E-state index contributed by atoms with van der Waals surface area (Å²) in [5, 5.41) is 41.0. The second kappa shape index (κ2) is 12.1. The number of allylic oxidation sites excluding steroid dienone is 4. The summed E-state index contributed by atoms with van der Waals surface area (Å²) in [7, 11) is 0. The van der Waals surface area contributed by atoms with Crippen molar-refractivity contribution in [1.29, 1.82) is 0 Å². The van der Waals surface area contributed by atoms with E-state index in [2.05, 4.69) is 32.6 Å². The minimum Gasteiger partial charge on any atom is -0.393 e. The number of halogens is 1. The van der Waals surface area contributed by atoms with E-state index in [1.807, 2.05) is 19.9 Å². The minimum atomic E-state index is -1.44. The maximum atomic E-state index is 13.3. The van der Waals surface area contributed by atoms with Crippen LogP contribution in [0.15, 0.2) is 47.6 Å². The number of rotatable bonds is 10. The zero-order valence-electron chi connectivity index (χ0n) is 24.5. The smallest absolute Gasteiger partial charge is 0.121 e. The van der Waals surface area contributed by atoms with E-state index in [0.717, 1.165) is 62.5 Å². The van der Waals surface area contributed by atoms with E-state index in [9.17, 15) is 24.8 Å². The van der Waals surface area contributed by atoms with Crippen LogP contribution in [0.4, 0.5) is 4.39 Å². The van der Waals surface area contributed by atoms with Gasteiger partial charge in [-0.3, -0.25) is 0 Å². The van der Waals surface area contributed by atoms with Crippen LogP contribution in [0, 0.1) is 22.7 Å². The van der Waals surface area contributed by atoms with Gasteiger partial charge in [0, 0.05) is 6.42 Å². The summed E-state index contributed by atoms with van der Waals surface area (Å²) >= 11 is 0. The quantitative estimate of drug-likeness (QED) is 0.235. The van der Waals surface area contributed by atoms with Gasteiger partial charge in [0.25, 0.3) is 0 Å². The van der Waals surface area contributed by atoms with Crippen LogP contribution < -0.4 is 0 Å². The zero-order valence-corrected chi connectivity index (χ0v) is 24.5. The molecule has 0 amide bonds. The van der Waals surface area contributed by atoms with Crippen molar-refractivity contribution in [2.45, 2.75) is 129 Å². The first-order valence-corrected chi connectivity index (χ1v) is 14.7. The number of hydrogen-bond acceptors (Lipinski definition) is 4. The van der Waals surface area contributed by atoms with Crippen LogP contribution in [0.3, 0.4) is 0 Å². The fraction of sp³-hybridized carbons (Fsp3) is 0.758. The molecule has 3 aliphatic carbocycles. The van der Waals surface area contributed by atoms with Gasteiger partial charge in [0.1, 0.15) is 12.3 Å². The molecule has 38 heavy (non-hydrogen) atoms. The first kappa shape index (κ1) is 31.3. The van der Waals surface area contributed by atoms with E-state index in [4.69, 9.17) is 0 Å². The molecule has 0 aromatic carbocycles. The summed E-state index contributed by atoms with van der Waals surface area (Å²) in [5.74, 6) is 0.961. The van der Waals surface area contributed by atoms with Gasteiger partial charge < -0.3 is 20.4 Å². The van der Waals surface area contributed by atoms with E-state index < -0.39 is 30.1 Å². The molecule has 0 aliphatic heterocycles. The summed E-state index contributed by atoms with van der Waals surface area (Å²) in [6, 6.07) is 0. The zero-order chi connectivity index (χ0) is 28.4. The predicted molar refractivity (Wildman–Crippen MR) is 153 cm³/mol. The molecule has 7 atom stereocenters. The highest BCUT2D eigenvalue weighted by Gasteiger charge is 2.54. The molecule has 3 rings (SSSR count). The van der Waals surface area contributed by atoms with Crippen LogP contribution in [0.5, 0.6) is 0 Å².